The smallest absolute Gasteiger partial charge is 0.331 e. The van der Waals surface area contributed by atoms with E-state index in [4.69, 9.17) is 9.84 Å². The third kappa shape index (κ3) is 3.10. The Hall–Kier alpha value is -0.750. The lowest BCUT2D eigenvalue weighted by Crippen LogP contribution is -2.55. The Morgan fingerprint density at radius 1 is 1.60 bits per heavy atom. The fourth-order valence-corrected chi connectivity index (χ4v) is 1.80. The predicted molar refractivity (Wildman–Crippen MR) is 56.9 cm³/mol. The van der Waals surface area contributed by atoms with Crippen LogP contribution >= 0.6 is 11.8 Å². The molecule has 1 unspecified atom stereocenters. The number of hydrogen-bond donors (Lipinski definition) is 2. The number of aliphatic carboxylic acids is 1. The SMILES string of the molecule is CSCCC(=O)NC1(C(=O)O)CCOC1. The highest BCUT2D eigenvalue weighted by Crippen LogP contribution is 2.19. The van der Waals surface area contributed by atoms with Crippen LogP contribution in [0, 0.1) is 0 Å². The van der Waals surface area contributed by atoms with Crippen LogP contribution in [0.5, 0.6) is 0 Å². The Labute approximate surface area is 92.6 Å². The minimum atomic E-state index is -1.20. The summed E-state index contributed by atoms with van der Waals surface area (Å²) >= 11 is 1.56. The second-order valence-electron chi connectivity index (χ2n) is 3.48. The zero-order valence-corrected chi connectivity index (χ0v) is 9.43. The minimum Gasteiger partial charge on any atom is -0.479 e. The summed E-state index contributed by atoms with van der Waals surface area (Å²) in [5, 5.41) is 11.6. The number of carboxylic acid groups (broad SMARTS) is 1. The molecule has 0 bridgehead atoms. The maximum atomic E-state index is 11.4. The Bertz CT molecular complexity index is 250. The van der Waals surface area contributed by atoms with Crippen LogP contribution in [-0.4, -0.2) is 47.7 Å². The van der Waals surface area contributed by atoms with Gasteiger partial charge < -0.3 is 15.2 Å². The predicted octanol–water partition coefficient (Wildman–Crippen LogP) is 0.0994. The van der Waals surface area contributed by atoms with Gasteiger partial charge >= 0.3 is 5.97 Å². The molecule has 1 amide bonds. The van der Waals surface area contributed by atoms with Crippen LogP contribution in [0.1, 0.15) is 12.8 Å². The van der Waals surface area contributed by atoms with E-state index in [0.29, 0.717) is 25.2 Å². The van der Waals surface area contributed by atoms with Gasteiger partial charge in [0, 0.05) is 25.2 Å². The highest BCUT2D eigenvalue weighted by Gasteiger charge is 2.43. The topological polar surface area (TPSA) is 75.6 Å². The number of thioether (sulfide) groups is 1. The van der Waals surface area contributed by atoms with Gasteiger partial charge in [0.1, 0.15) is 0 Å². The molecule has 1 aliphatic heterocycles. The van der Waals surface area contributed by atoms with E-state index in [2.05, 4.69) is 5.32 Å². The molecule has 2 N–H and O–H groups in total. The molecule has 6 heteroatoms. The molecule has 1 heterocycles. The van der Waals surface area contributed by atoms with Crippen LogP contribution in [0.3, 0.4) is 0 Å². The van der Waals surface area contributed by atoms with Gasteiger partial charge in [0.2, 0.25) is 5.91 Å². The van der Waals surface area contributed by atoms with Crippen molar-refractivity contribution in [2.45, 2.75) is 18.4 Å². The van der Waals surface area contributed by atoms with E-state index in [1.165, 1.54) is 0 Å². The first-order valence-corrected chi connectivity index (χ1v) is 6.11. The van der Waals surface area contributed by atoms with E-state index in [1.54, 1.807) is 11.8 Å². The largest absolute Gasteiger partial charge is 0.479 e. The molecule has 1 rings (SSSR count). The van der Waals surface area contributed by atoms with Gasteiger partial charge in [-0.15, -0.1) is 0 Å². The van der Waals surface area contributed by atoms with Crippen LogP contribution in [-0.2, 0) is 14.3 Å². The third-order valence-electron chi connectivity index (χ3n) is 2.34. The van der Waals surface area contributed by atoms with Crippen molar-refractivity contribution in [3.8, 4) is 0 Å². The maximum Gasteiger partial charge on any atom is 0.331 e. The maximum absolute atomic E-state index is 11.4. The molecule has 0 aliphatic carbocycles. The molecule has 0 aromatic rings. The molecule has 1 atom stereocenters. The highest BCUT2D eigenvalue weighted by atomic mass is 32.2. The van der Waals surface area contributed by atoms with E-state index in [9.17, 15) is 9.59 Å². The number of carboxylic acids is 1. The number of rotatable bonds is 5. The summed E-state index contributed by atoms with van der Waals surface area (Å²) in [4.78, 5) is 22.5. The van der Waals surface area contributed by atoms with Crippen molar-refractivity contribution in [1.29, 1.82) is 0 Å². The Morgan fingerprint density at radius 2 is 2.33 bits per heavy atom. The molecule has 5 nitrogen and oxygen atoms in total. The molecule has 1 saturated heterocycles. The van der Waals surface area contributed by atoms with Gasteiger partial charge in [-0.25, -0.2) is 4.79 Å². The second-order valence-corrected chi connectivity index (χ2v) is 4.47. The first-order valence-electron chi connectivity index (χ1n) is 4.72. The minimum absolute atomic E-state index is 0.0628. The summed E-state index contributed by atoms with van der Waals surface area (Å²) in [5.74, 6) is -0.544. The van der Waals surface area contributed by atoms with E-state index < -0.39 is 11.5 Å². The highest BCUT2D eigenvalue weighted by molar-refractivity contribution is 7.98. The van der Waals surface area contributed by atoms with Gasteiger partial charge in [-0.1, -0.05) is 0 Å². The summed E-state index contributed by atoms with van der Waals surface area (Å²) in [6.45, 7) is 0.447. The monoisotopic (exact) mass is 233 g/mol. The summed E-state index contributed by atoms with van der Waals surface area (Å²) in [7, 11) is 0. The van der Waals surface area contributed by atoms with Crippen molar-refractivity contribution in [1.82, 2.24) is 5.32 Å². The summed E-state index contributed by atoms with van der Waals surface area (Å²) in [5.41, 5.74) is -1.20. The molecule has 0 aromatic heterocycles. The normalized spacial score (nSPS) is 25.1. The number of carbonyl (C=O) groups excluding carboxylic acids is 1. The number of nitrogens with one attached hydrogen (secondary N) is 1. The average molecular weight is 233 g/mol. The van der Waals surface area contributed by atoms with Crippen LogP contribution < -0.4 is 5.32 Å². The van der Waals surface area contributed by atoms with Crippen LogP contribution in [0.25, 0.3) is 0 Å². The first kappa shape index (κ1) is 12.3. The molecule has 1 fully saturated rings. The zero-order valence-electron chi connectivity index (χ0n) is 8.62. The van der Waals surface area contributed by atoms with Gasteiger partial charge in [-0.3, -0.25) is 4.79 Å². The first-order chi connectivity index (χ1) is 7.10. The Kier molecular flexibility index (Phi) is 4.41. The number of hydrogen-bond acceptors (Lipinski definition) is 4. The van der Waals surface area contributed by atoms with Crippen LogP contribution in [0.15, 0.2) is 0 Å². The standard InChI is InChI=1S/C9H15NO4S/c1-15-5-2-7(11)10-9(8(12)13)3-4-14-6-9/h2-6H2,1H3,(H,10,11)(H,12,13). The van der Waals surface area contributed by atoms with Crippen molar-refractivity contribution in [2.75, 3.05) is 25.2 Å². The summed E-state index contributed by atoms with van der Waals surface area (Å²) in [6, 6.07) is 0. The van der Waals surface area contributed by atoms with E-state index in [0.717, 1.165) is 0 Å². The lowest BCUT2D eigenvalue weighted by atomic mass is 9.99. The zero-order chi connectivity index (χ0) is 11.3. The Morgan fingerprint density at radius 3 is 2.80 bits per heavy atom. The number of ether oxygens (including phenoxy) is 1. The molecule has 1 aliphatic rings. The molecular weight excluding hydrogens is 218 g/mol. The van der Waals surface area contributed by atoms with Crippen molar-refractivity contribution in [2.24, 2.45) is 0 Å². The lowest BCUT2D eigenvalue weighted by molar-refractivity contribution is -0.147. The van der Waals surface area contributed by atoms with Crippen molar-refractivity contribution < 1.29 is 19.4 Å². The molecule has 15 heavy (non-hydrogen) atoms. The molecule has 0 saturated carbocycles. The van der Waals surface area contributed by atoms with E-state index in [-0.39, 0.29) is 12.5 Å². The summed E-state index contributed by atoms with van der Waals surface area (Å²) < 4.78 is 5.03. The van der Waals surface area contributed by atoms with Crippen molar-refractivity contribution in [3.05, 3.63) is 0 Å². The van der Waals surface area contributed by atoms with Crippen LogP contribution in [0.4, 0.5) is 0 Å². The van der Waals surface area contributed by atoms with E-state index >= 15 is 0 Å². The summed E-state index contributed by atoms with van der Waals surface area (Å²) in [6.07, 6.45) is 2.59. The third-order valence-corrected chi connectivity index (χ3v) is 2.96. The molecule has 86 valence electrons. The number of amides is 1. The fraction of sp³-hybridized carbons (Fsp3) is 0.778. The van der Waals surface area contributed by atoms with Gasteiger partial charge in [0.15, 0.2) is 5.54 Å². The van der Waals surface area contributed by atoms with Gasteiger partial charge in [-0.2, -0.15) is 11.8 Å². The average Bonchev–Trinajstić information content (AvgIpc) is 2.64. The van der Waals surface area contributed by atoms with Gasteiger partial charge in [-0.05, 0) is 6.26 Å². The molecule has 0 spiro atoms. The van der Waals surface area contributed by atoms with E-state index in [1.807, 2.05) is 6.26 Å². The number of carbonyl (C=O) groups is 2. The second kappa shape index (κ2) is 5.37. The molecule has 0 radical (unpaired) electrons. The van der Waals surface area contributed by atoms with Crippen molar-refractivity contribution in [3.63, 3.8) is 0 Å². The quantitative estimate of drug-likeness (QED) is 0.704. The van der Waals surface area contributed by atoms with Gasteiger partial charge in [0.05, 0.1) is 6.61 Å². The van der Waals surface area contributed by atoms with Crippen molar-refractivity contribution >= 4 is 23.6 Å². The fourth-order valence-electron chi connectivity index (χ4n) is 1.41. The van der Waals surface area contributed by atoms with Crippen LogP contribution in [0.2, 0.25) is 0 Å². The lowest BCUT2D eigenvalue weighted by Gasteiger charge is -2.23. The van der Waals surface area contributed by atoms with Gasteiger partial charge in [0.25, 0.3) is 0 Å². The molecule has 0 aromatic carbocycles. The molecular formula is C9H15NO4S. The Balaban J connectivity index is 2.52.